The van der Waals surface area contributed by atoms with Gasteiger partial charge in [0.2, 0.25) is 0 Å². The summed E-state index contributed by atoms with van der Waals surface area (Å²) in [6, 6.07) is 3.97. The van der Waals surface area contributed by atoms with E-state index in [2.05, 4.69) is 20.4 Å². The van der Waals surface area contributed by atoms with Crippen LogP contribution in [0.3, 0.4) is 0 Å². The average Bonchev–Trinajstić information content (AvgIpc) is 2.65. The molecule has 0 spiro atoms. The number of carbonyl (C=O) groups is 1. The highest BCUT2D eigenvalue weighted by Gasteiger charge is 2.27. The number of thiocarbonyl (C=S) groups is 1. The summed E-state index contributed by atoms with van der Waals surface area (Å²) in [6.45, 7) is 20.2. The fourth-order valence-corrected chi connectivity index (χ4v) is 3.30. The second-order valence-corrected chi connectivity index (χ2v) is 11.1. The van der Waals surface area contributed by atoms with Crippen molar-refractivity contribution in [2.45, 2.75) is 72.0 Å². The average molecular weight is 453 g/mol. The molecule has 172 valence electrons. The van der Waals surface area contributed by atoms with E-state index in [4.69, 9.17) is 21.7 Å². The van der Waals surface area contributed by atoms with Crippen molar-refractivity contribution in [3.63, 3.8) is 0 Å². The molecular formula is C28H36O3S. The Morgan fingerprint density at radius 2 is 1.47 bits per heavy atom. The first-order chi connectivity index (χ1) is 14.6. The predicted octanol–water partition coefficient (Wildman–Crippen LogP) is 7.20. The summed E-state index contributed by atoms with van der Waals surface area (Å²) in [5.41, 5.74) is 0.680. The summed E-state index contributed by atoms with van der Waals surface area (Å²) in [5.74, 6) is 1.09. The van der Waals surface area contributed by atoms with Crippen molar-refractivity contribution >= 4 is 28.9 Å². The topological polar surface area (TPSA) is 35.5 Å². The van der Waals surface area contributed by atoms with Gasteiger partial charge in [-0.05, 0) is 71.9 Å². The molecule has 0 N–H and O–H groups in total. The zero-order chi connectivity index (χ0) is 24.3. The lowest BCUT2D eigenvalue weighted by atomic mass is 9.83. The van der Waals surface area contributed by atoms with Gasteiger partial charge >= 0.3 is 0 Å². The van der Waals surface area contributed by atoms with E-state index < -0.39 is 5.60 Å². The Hall–Kier alpha value is -2.46. The second-order valence-electron chi connectivity index (χ2n) is 10.6. The summed E-state index contributed by atoms with van der Waals surface area (Å²) in [7, 11) is 0. The van der Waals surface area contributed by atoms with Crippen LogP contribution in [0.4, 0.5) is 0 Å². The van der Waals surface area contributed by atoms with Gasteiger partial charge in [0.25, 0.3) is 0 Å². The first-order valence-electron chi connectivity index (χ1n) is 10.9. The smallest absolute Gasteiger partial charge is 0.166 e. The number of rotatable bonds is 7. The molecule has 0 saturated heterocycles. The van der Waals surface area contributed by atoms with E-state index in [9.17, 15) is 4.79 Å². The van der Waals surface area contributed by atoms with Gasteiger partial charge in [-0.1, -0.05) is 44.3 Å². The van der Waals surface area contributed by atoms with E-state index in [1.165, 1.54) is 0 Å². The van der Waals surface area contributed by atoms with Crippen LogP contribution >= 0.6 is 12.2 Å². The van der Waals surface area contributed by atoms with Crippen LogP contribution in [0, 0.1) is 5.92 Å². The van der Waals surface area contributed by atoms with Crippen molar-refractivity contribution in [2.75, 3.05) is 0 Å². The van der Waals surface area contributed by atoms with Crippen LogP contribution in [0.25, 0.3) is 6.08 Å². The molecule has 0 aliphatic heterocycles. The third-order valence-corrected chi connectivity index (χ3v) is 5.11. The molecule has 0 radical (unpaired) electrons. The summed E-state index contributed by atoms with van der Waals surface area (Å²) < 4.78 is 12.6. The standard InChI is InChI=1S/C28H36O3S/c1-10-28(8,9)22-17-20(13-16-23(29)19-11-14-21(32)15-12-19)24(30-26(2,3)4)18-25(22)31-27(5,6)7/h10-19H,1H2,2-9H3/b16-13+. The van der Waals surface area contributed by atoms with Crippen LogP contribution < -0.4 is 9.47 Å². The third-order valence-electron chi connectivity index (χ3n) is 4.84. The molecule has 0 aromatic heterocycles. The van der Waals surface area contributed by atoms with E-state index in [-0.39, 0.29) is 22.7 Å². The largest absolute Gasteiger partial charge is 0.488 e. The maximum absolute atomic E-state index is 12.8. The normalized spacial score (nSPS) is 15.3. The predicted molar refractivity (Wildman–Crippen MR) is 139 cm³/mol. The lowest BCUT2D eigenvalue weighted by Gasteiger charge is -2.31. The summed E-state index contributed by atoms with van der Waals surface area (Å²) in [5, 5.41) is 0. The molecule has 3 nitrogen and oxygen atoms in total. The lowest BCUT2D eigenvalue weighted by molar-refractivity contribution is -0.115. The van der Waals surface area contributed by atoms with Crippen molar-refractivity contribution in [2.24, 2.45) is 5.92 Å². The van der Waals surface area contributed by atoms with Crippen LogP contribution in [-0.2, 0) is 10.2 Å². The Labute approximate surface area is 198 Å². The van der Waals surface area contributed by atoms with Crippen LogP contribution in [0.15, 0.2) is 55.2 Å². The molecule has 2 rings (SSSR count). The fourth-order valence-electron chi connectivity index (χ4n) is 3.14. The lowest BCUT2D eigenvalue weighted by Crippen LogP contribution is -2.27. The molecule has 0 bridgehead atoms. The van der Waals surface area contributed by atoms with Gasteiger partial charge < -0.3 is 9.47 Å². The molecule has 0 unspecified atom stereocenters. The third kappa shape index (κ3) is 7.30. The van der Waals surface area contributed by atoms with Gasteiger partial charge in [0.15, 0.2) is 5.78 Å². The van der Waals surface area contributed by atoms with Gasteiger partial charge in [-0.2, -0.15) is 0 Å². The van der Waals surface area contributed by atoms with E-state index >= 15 is 0 Å². The summed E-state index contributed by atoms with van der Waals surface area (Å²) in [6.07, 6.45) is 12.6. The second kappa shape index (κ2) is 9.58. The Bertz CT molecular complexity index is 963. The summed E-state index contributed by atoms with van der Waals surface area (Å²) >= 11 is 5.12. The number of hydrogen-bond donors (Lipinski definition) is 0. The Morgan fingerprint density at radius 3 is 1.97 bits per heavy atom. The molecule has 0 amide bonds. The number of hydrogen-bond acceptors (Lipinski definition) is 4. The molecular weight excluding hydrogens is 416 g/mol. The van der Waals surface area contributed by atoms with Crippen LogP contribution in [0.1, 0.15) is 66.5 Å². The zero-order valence-electron chi connectivity index (χ0n) is 20.6. The number of ketones is 1. The molecule has 4 heteroatoms. The number of carbonyl (C=O) groups excluding carboxylic acids is 1. The monoisotopic (exact) mass is 452 g/mol. The number of benzene rings is 1. The van der Waals surface area contributed by atoms with Gasteiger partial charge in [-0.25, -0.2) is 0 Å². The maximum Gasteiger partial charge on any atom is 0.166 e. The minimum Gasteiger partial charge on any atom is -0.488 e. The van der Waals surface area contributed by atoms with E-state index in [1.54, 1.807) is 18.2 Å². The Kier molecular flexibility index (Phi) is 7.72. The molecule has 1 aliphatic carbocycles. The van der Waals surface area contributed by atoms with E-state index in [0.717, 1.165) is 21.7 Å². The maximum atomic E-state index is 12.8. The van der Waals surface area contributed by atoms with Gasteiger partial charge in [0.05, 0.1) is 5.92 Å². The van der Waals surface area contributed by atoms with Crippen molar-refractivity contribution in [3.8, 4) is 11.5 Å². The first-order valence-corrected chi connectivity index (χ1v) is 11.3. The molecule has 1 aliphatic rings. The molecule has 0 fully saturated rings. The molecule has 0 saturated carbocycles. The van der Waals surface area contributed by atoms with Gasteiger partial charge in [-0.3, -0.25) is 4.79 Å². The zero-order valence-corrected chi connectivity index (χ0v) is 21.4. The van der Waals surface area contributed by atoms with Crippen LogP contribution in [0.5, 0.6) is 11.5 Å². The quantitative estimate of drug-likeness (QED) is 0.249. The number of allylic oxidation sites excluding steroid dienone is 6. The molecule has 1 aromatic carbocycles. The molecule has 32 heavy (non-hydrogen) atoms. The van der Waals surface area contributed by atoms with Gasteiger partial charge in [-0.15, -0.1) is 6.58 Å². The highest BCUT2D eigenvalue weighted by molar-refractivity contribution is 7.81. The van der Waals surface area contributed by atoms with Crippen molar-refractivity contribution in [1.29, 1.82) is 0 Å². The minimum absolute atomic E-state index is 0.0127. The Balaban J connectivity index is 2.57. The van der Waals surface area contributed by atoms with E-state index in [0.29, 0.717) is 5.75 Å². The molecule has 0 heterocycles. The van der Waals surface area contributed by atoms with Crippen LogP contribution in [0.2, 0.25) is 0 Å². The minimum atomic E-state index is -0.411. The Morgan fingerprint density at radius 1 is 0.938 bits per heavy atom. The summed E-state index contributed by atoms with van der Waals surface area (Å²) in [4.78, 5) is 13.5. The number of ether oxygens (including phenoxy) is 2. The highest BCUT2D eigenvalue weighted by atomic mass is 32.1. The highest BCUT2D eigenvalue weighted by Crippen LogP contribution is 2.40. The van der Waals surface area contributed by atoms with Gasteiger partial charge in [0, 0.05) is 27.5 Å². The molecule has 0 atom stereocenters. The fraction of sp³-hybridized carbons (Fsp3) is 0.429. The molecule has 1 aromatic rings. The van der Waals surface area contributed by atoms with Crippen LogP contribution in [-0.4, -0.2) is 21.8 Å². The van der Waals surface area contributed by atoms with Gasteiger partial charge in [0.1, 0.15) is 22.7 Å². The van der Waals surface area contributed by atoms with Crippen molar-refractivity contribution in [1.82, 2.24) is 0 Å². The van der Waals surface area contributed by atoms with Crippen molar-refractivity contribution in [3.05, 3.63) is 66.3 Å². The van der Waals surface area contributed by atoms with Crippen molar-refractivity contribution < 1.29 is 14.3 Å². The first kappa shape index (κ1) is 25.8. The SMILES string of the molecule is C=CC(C)(C)c1cc(/C=C/C(=O)C2C=CC(=S)C=C2)c(OC(C)(C)C)cc1OC(C)(C)C. The van der Waals surface area contributed by atoms with E-state index in [1.807, 2.05) is 78.0 Å².